The van der Waals surface area contributed by atoms with Crippen molar-refractivity contribution in [2.24, 2.45) is 23.7 Å². The summed E-state index contributed by atoms with van der Waals surface area (Å²) in [5, 5.41) is 0. The highest BCUT2D eigenvalue weighted by Gasteiger charge is 2.50. The van der Waals surface area contributed by atoms with Crippen LogP contribution >= 0.6 is 0 Å². The fourth-order valence-corrected chi connectivity index (χ4v) is 8.33. The van der Waals surface area contributed by atoms with Crippen molar-refractivity contribution >= 4 is 0 Å². The number of rotatable bonds is 8. The van der Waals surface area contributed by atoms with Gasteiger partial charge in [0.15, 0.2) is 0 Å². The van der Waals surface area contributed by atoms with Crippen LogP contribution in [0.2, 0.25) is 0 Å². The van der Waals surface area contributed by atoms with Gasteiger partial charge in [0.25, 0.3) is 0 Å². The van der Waals surface area contributed by atoms with Gasteiger partial charge >= 0.3 is 0 Å². The second-order valence-corrected chi connectivity index (χ2v) is 13.5. The molecule has 0 N–H and O–H groups in total. The summed E-state index contributed by atoms with van der Waals surface area (Å²) in [6.45, 7) is 15.0. The van der Waals surface area contributed by atoms with E-state index in [1.165, 1.54) is 56.9 Å². The Morgan fingerprint density at radius 3 is 1.97 bits per heavy atom. The van der Waals surface area contributed by atoms with Gasteiger partial charge in [-0.25, -0.2) is 0 Å². The molecule has 4 aliphatic carbocycles. The van der Waals surface area contributed by atoms with Gasteiger partial charge in [0.2, 0.25) is 6.29 Å². The lowest BCUT2D eigenvalue weighted by atomic mass is 9.55. The number of likely N-dealkylation sites (tertiary alicyclic amines) is 1. The summed E-state index contributed by atoms with van der Waals surface area (Å²) in [7, 11) is 0. The zero-order chi connectivity index (χ0) is 24.1. The van der Waals surface area contributed by atoms with E-state index in [1.54, 1.807) is 0 Å². The standard InChI is InChI=1S/C31H49NO2/c1-7-21(2)24-9-11-27(12-10-24)33-28(20-32-30(3,4)13-8-14-31(32,5)6)34-29-25-16-22-15-23(18-25)19-26(29)17-22/h9-12,21-23,25-26,28-29H,7-8,13-20H2,1-6H3. The Bertz CT molecular complexity index is 784. The molecule has 5 aliphatic rings. The van der Waals surface area contributed by atoms with E-state index in [1.807, 2.05) is 0 Å². The summed E-state index contributed by atoms with van der Waals surface area (Å²) in [5.41, 5.74) is 1.72. The first-order valence-electron chi connectivity index (χ1n) is 14.3. The topological polar surface area (TPSA) is 21.7 Å². The van der Waals surface area contributed by atoms with Crippen LogP contribution in [0, 0.1) is 23.7 Å². The molecular weight excluding hydrogens is 418 g/mol. The summed E-state index contributed by atoms with van der Waals surface area (Å²) in [6.07, 6.45) is 12.1. The third-order valence-electron chi connectivity index (χ3n) is 10.1. The van der Waals surface area contributed by atoms with Gasteiger partial charge in [-0.2, -0.15) is 0 Å². The zero-order valence-corrected chi connectivity index (χ0v) is 22.7. The van der Waals surface area contributed by atoms with Gasteiger partial charge < -0.3 is 9.47 Å². The van der Waals surface area contributed by atoms with Crippen molar-refractivity contribution in [1.82, 2.24) is 4.90 Å². The number of hydrogen-bond donors (Lipinski definition) is 0. The highest BCUT2D eigenvalue weighted by molar-refractivity contribution is 5.29. The van der Waals surface area contributed by atoms with Crippen molar-refractivity contribution in [3.63, 3.8) is 0 Å². The van der Waals surface area contributed by atoms with Crippen molar-refractivity contribution in [3.8, 4) is 5.75 Å². The molecule has 0 aromatic heterocycles. The van der Waals surface area contributed by atoms with Crippen molar-refractivity contribution in [2.45, 2.75) is 129 Å². The molecule has 2 atom stereocenters. The predicted molar refractivity (Wildman–Crippen MR) is 140 cm³/mol. The minimum atomic E-state index is -0.214. The molecule has 3 heteroatoms. The molecule has 0 radical (unpaired) electrons. The Hall–Kier alpha value is -1.06. The molecule has 3 nitrogen and oxygen atoms in total. The molecule has 5 fully saturated rings. The third-order valence-corrected chi connectivity index (χ3v) is 10.1. The third kappa shape index (κ3) is 4.94. The SMILES string of the molecule is CCC(C)c1ccc(OC(CN2C(C)(C)CCCC2(C)C)OC2C3CC4CC(C3)CC2C4)cc1. The Balaban J connectivity index is 1.36. The molecule has 0 amide bonds. The first-order valence-corrected chi connectivity index (χ1v) is 14.3. The normalized spacial score (nSPS) is 35.8. The van der Waals surface area contributed by atoms with Crippen molar-refractivity contribution in [3.05, 3.63) is 29.8 Å². The molecule has 1 heterocycles. The van der Waals surface area contributed by atoms with Crippen LogP contribution in [-0.2, 0) is 4.74 Å². The summed E-state index contributed by atoms with van der Waals surface area (Å²) in [4.78, 5) is 2.69. The summed E-state index contributed by atoms with van der Waals surface area (Å²) >= 11 is 0. The van der Waals surface area contributed by atoms with Gasteiger partial charge in [-0.15, -0.1) is 0 Å². The van der Waals surface area contributed by atoms with E-state index >= 15 is 0 Å². The molecule has 190 valence electrons. The maximum absolute atomic E-state index is 7.06. The second-order valence-electron chi connectivity index (χ2n) is 13.5. The lowest BCUT2D eigenvalue weighted by Crippen LogP contribution is -2.62. The molecule has 4 bridgehead atoms. The molecule has 0 spiro atoms. The highest BCUT2D eigenvalue weighted by atomic mass is 16.7. The van der Waals surface area contributed by atoms with Crippen LogP contribution in [0.1, 0.15) is 111 Å². The van der Waals surface area contributed by atoms with Crippen LogP contribution in [0.15, 0.2) is 24.3 Å². The molecule has 6 rings (SSSR count). The quantitative estimate of drug-likeness (QED) is 0.364. The number of ether oxygens (including phenoxy) is 2. The number of benzene rings is 1. The van der Waals surface area contributed by atoms with Gasteiger partial charge in [0, 0.05) is 11.1 Å². The van der Waals surface area contributed by atoms with Crippen LogP contribution < -0.4 is 4.74 Å². The monoisotopic (exact) mass is 467 g/mol. The smallest absolute Gasteiger partial charge is 0.213 e. The average molecular weight is 468 g/mol. The van der Waals surface area contributed by atoms with E-state index in [2.05, 4.69) is 70.7 Å². The Morgan fingerprint density at radius 2 is 1.44 bits per heavy atom. The van der Waals surface area contributed by atoms with E-state index in [0.29, 0.717) is 12.0 Å². The minimum absolute atomic E-state index is 0.164. The number of piperidine rings is 1. The van der Waals surface area contributed by atoms with E-state index in [4.69, 9.17) is 9.47 Å². The highest BCUT2D eigenvalue weighted by Crippen LogP contribution is 2.55. The molecule has 1 aliphatic heterocycles. The molecular formula is C31H49NO2. The lowest BCUT2D eigenvalue weighted by Gasteiger charge is -2.56. The maximum Gasteiger partial charge on any atom is 0.213 e. The van der Waals surface area contributed by atoms with Gasteiger partial charge in [-0.1, -0.05) is 26.0 Å². The van der Waals surface area contributed by atoms with Crippen LogP contribution in [0.25, 0.3) is 0 Å². The fraction of sp³-hybridized carbons (Fsp3) is 0.806. The van der Waals surface area contributed by atoms with E-state index in [0.717, 1.165) is 42.4 Å². The molecule has 2 unspecified atom stereocenters. The van der Waals surface area contributed by atoms with Crippen molar-refractivity contribution < 1.29 is 9.47 Å². The summed E-state index contributed by atoms with van der Waals surface area (Å²) in [5.74, 6) is 4.97. The first kappa shape index (κ1) is 24.6. The molecule has 1 saturated heterocycles. The Labute approximate surface area is 209 Å². The number of hydrogen-bond acceptors (Lipinski definition) is 3. The van der Waals surface area contributed by atoms with E-state index in [9.17, 15) is 0 Å². The Kier molecular flexibility index (Phi) is 6.83. The summed E-state index contributed by atoms with van der Waals surface area (Å²) < 4.78 is 13.8. The lowest BCUT2D eigenvalue weighted by molar-refractivity contribution is -0.214. The van der Waals surface area contributed by atoms with Crippen LogP contribution in [0.4, 0.5) is 0 Å². The average Bonchev–Trinajstić information content (AvgIpc) is 2.77. The Morgan fingerprint density at radius 1 is 0.882 bits per heavy atom. The van der Waals surface area contributed by atoms with E-state index in [-0.39, 0.29) is 17.4 Å². The number of nitrogens with zero attached hydrogens (tertiary/aromatic N) is 1. The molecule has 34 heavy (non-hydrogen) atoms. The molecule has 1 aromatic carbocycles. The largest absolute Gasteiger partial charge is 0.464 e. The fourth-order valence-electron chi connectivity index (χ4n) is 8.33. The minimum Gasteiger partial charge on any atom is -0.464 e. The van der Waals surface area contributed by atoms with Crippen molar-refractivity contribution in [1.29, 1.82) is 0 Å². The van der Waals surface area contributed by atoms with Crippen LogP contribution in [-0.4, -0.2) is 34.9 Å². The van der Waals surface area contributed by atoms with Crippen molar-refractivity contribution in [2.75, 3.05) is 6.54 Å². The van der Waals surface area contributed by atoms with Gasteiger partial charge in [-0.3, -0.25) is 4.90 Å². The second kappa shape index (κ2) is 9.43. The van der Waals surface area contributed by atoms with Crippen LogP contribution in [0.5, 0.6) is 5.75 Å². The summed E-state index contributed by atoms with van der Waals surface area (Å²) in [6, 6.07) is 8.83. The predicted octanol–water partition coefficient (Wildman–Crippen LogP) is 7.79. The maximum atomic E-state index is 7.06. The van der Waals surface area contributed by atoms with Crippen LogP contribution in [0.3, 0.4) is 0 Å². The van der Waals surface area contributed by atoms with Gasteiger partial charge in [0.1, 0.15) is 5.75 Å². The first-order chi connectivity index (χ1) is 16.1. The van der Waals surface area contributed by atoms with E-state index < -0.39 is 0 Å². The molecule has 4 saturated carbocycles. The van der Waals surface area contributed by atoms with Gasteiger partial charge in [0.05, 0.1) is 12.6 Å². The van der Waals surface area contributed by atoms with Gasteiger partial charge in [-0.05, 0) is 133 Å². The molecule has 1 aromatic rings. The zero-order valence-electron chi connectivity index (χ0n) is 22.7.